The zero-order valence-electron chi connectivity index (χ0n) is 9.14. The van der Waals surface area contributed by atoms with Crippen LogP contribution in [0.1, 0.15) is 22.3 Å². The van der Waals surface area contributed by atoms with E-state index in [0.717, 1.165) is 41.7 Å². The largest absolute Gasteiger partial charge is 0.493 e. The van der Waals surface area contributed by atoms with Gasteiger partial charge in [0, 0.05) is 11.6 Å². The van der Waals surface area contributed by atoms with Crippen LogP contribution in [0.15, 0.2) is 24.4 Å². The number of carbonyl (C=O) groups is 1. The molecule has 4 nitrogen and oxygen atoms in total. The Labute approximate surface area is 97.9 Å². The van der Waals surface area contributed by atoms with Crippen molar-refractivity contribution >= 4 is 16.9 Å². The fraction of sp³-hybridized carbons (Fsp3) is 0.231. The molecule has 1 aliphatic rings. The molecule has 1 aliphatic heterocycles. The zero-order chi connectivity index (χ0) is 11.8. The molecule has 86 valence electrons. The van der Waals surface area contributed by atoms with E-state index in [1.54, 1.807) is 6.07 Å². The van der Waals surface area contributed by atoms with Gasteiger partial charge in [0.1, 0.15) is 5.75 Å². The Bertz CT molecular complexity index is 607. The van der Waals surface area contributed by atoms with Gasteiger partial charge in [0.2, 0.25) is 0 Å². The molecule has 0 aliphatic carbocycles. The van der Waals surface area contributed by atoms with Gasteiger partial charge in [-0.25, -0.2) is 4.79 Å². The Hall–Kier alpha value is -2.10. The number of aromatic nitrogens is 1. The van der Waals surface area contributed by atoms with Crippen molar-refractivity contribution in [3.05, 3.63) is 35.5 Å². The van der Waals surface area contributed by atoms with E-state index in [0.29, 0.717) is 0 Å². The van der Waals surface area contributed by atoms with Gasteiger partial charge in [-0.05, 0) is 36.6 Å². The van der Waals surface area contributed by atoms with E-state index in [1.807, 2.05) is 12.1 Å². The molecule has 2 aromatic rings. The molecule has 0 radical (unpaired) electrons. The minimum Gasteiger partial charge on any atom is -0.493 e. The number of carboxylic acids is 1. The first-order valence-corrected chi connectivity index (χ1v) is 5.53. The third kappa shape index (κ3) is 1.71. The first-order chi connectivity index (χ1) is 8.24. The maximum atomic E-state index is 10.9. The number of hydrogen-bond donors (Lipinski definition) is 1. The van der Waals surface area contributed by atoms with Crippen molar-refractivity contribution in [2.75, 3.05) is 6.61 Å². The van der Waals surface area contributed by atoms with Crippen LogP contribution in [0, 0.1) is 0 Å². The molecular formula is C13H11NO3. The molecule has 0 bridgehead atoms. The lowest BCUT2D eigenvalue weighted by molar-refractivity contribution is 0.0696. The molecule has 1 aromatic heterocycles. The van der Waals surface area contributed by atoms with E-state index >= 15 is 0 Å². The summed E-state index contributed by atoms with van der Waals surface area (Å²) < 4.78 is 5.56. The van der Waals surface area contributed by atoms with Crippen molar-refractivity contribution < 1.29 is 14.6 Å². The van der Waals surface area contributed by atoms with Crippen molar-refractivity contribution in [2.24, 2.45) is 0 Å². The van der Waals surface area contributed by atoms with Crippen LogP contribution < -0.4 is 4.74 Å². The summed E-state index contributed by atoms with van der Waals surface area (Å²) in [6.07, 6.45) is 3.40. The van der Waals surface area contributed by atoms with Crippen molar-refractivity contribution in [3.63, 3.8) is 0 Å². The van der Waals surface area contributed by atoms with Crippen LogP contribution in [0.2, 0.25) is 0 Å². The Kier molecular flexibility index (Phi) is 2.21. The van der Waals surface area contributed by atoms with Crippen LogP contribution in [-0.2, 0) is 6.42 Å². The Balaban J connectivity index is 2.20. The molecule has 0 spiro atoms. The van der Waals surface area contributed by atoms with Crippen molar-refractivity contribution in [3.8, 4) is 5.75 Å². The van der Waals surface area contributed by atoms with Gasteiger partial charge in [0.15, 0.2) is 0 Å². The van der Waals surface area contributed by atoms with E-state index in [9.17, 15) is 4.79 Å². The molecule has 1 N–H and O–H groups in total. The molecule has 0 saturated carbocycles. The lowest BCUT2D eigenvalue weighted by atomic mass is 10.0. The quantitative estimate of drug-likeness (QED) is 0.814. The Morgan fingerprint density at radius 3 is 3.06 bits per heavy atom. The molecule has 0 saturated heterocycles. The molecule has 3 rings (SSSR count). The minimum atomic E-state index is -0.960. The number of benzene rings is 1. The van der Waals surface area contributed by atoms with Crippen molar-refractivity contribution in [1.29, 1.82) is 0 Å². The predicted octanol–water partition coefficient (Wildman–Crippen LogP) is 2.26. The van der Waals surface area contributed by atoms with Crippen molar-refractivity contribution in [2.45, 2.75) is 12.8 Å². The zero-order valence-corrected chi connectivity index (χ0v) is 9.14. The first-order valence-electron chi connectivity index (χ1n) is 5.53. The van der Waals surface area contributed by atoms with Gasteiger partial charge in [-0.1, -0.05) is 0 Å². The molecule has 0 fully saturated rings. The highest BCUT2D eigenvalue weighted by molar-refractivity contribution is 5.93. The number of aromatic carboxylic acids is 1. The van der Waals surface area contributed by atoms with E-state index in [-0.39, 0.29) is 5.56 Å². The standard InChI is InChI=1S/C13H11NO3/c15-13(16)10-4-9-6-12-8(2-1-3-17-12)5-11(9)14-7-10/h4-7H,1-3H2,(H,15,16). The summed E-state index contributed by atoms with van der Waals surface area (Å²) in [5.74, 6) is -0.105. The smallest absolute Gasteiger partial charge is 0.337 e. The number of carboxylic acid groups (broad SMARTS) is 1. The van der Waals surface area contributed by atoms with Crippen molar-refractivity contribution in [1.82, 2.24) is 4.98 Å². The summed E-state index contributed by atoms with van der Waals surface area (Å²) in [5.41, 5.74) is 2.17. The average Bonchev–Trinajstić information content (AvgIpc) is 2.35. The second-order valence-electron chi connectivity index (χ2n) is 4.13. The number of nitrogens with zero attached hydrogens (tertiary/aromatic N) is 1. The SMILES string of the molecule is O=C(O)c1cnc2cc3c(cc2c1)OCCC3. The van der Waals surface area contributed by atoms with E-state index in [2.05, 4.69) is 4.98 Å². The van der Waals surface area contributed by atoms with Crippen LogP contribution >= 0.6 is 0 Å². The van der Waals surface area contributed by atoms with Crippen LogP contribution in [0.4, 0.5) is 0 Å². The van der Waals surface area contributed by atoms with Gasteiger partial charge in [0.05, 0.1) is 17.7 Å². The Morgan fingerprint density at radius 1 is 1.35 bits per heavy atom. The number of hydrogen-bond acceptors (Lipinski definition) is 3. The summed E-state index contributed by atoms with van der Waals surface area (Å²) in [6, 6.07) is 5.49. The summed E-state index contributed by atoms with van der Waals surface area (Å²) >= 11 is 0. The fourth-order valence-corrected chi connectivity index (χ4v) is 2.09. The maximum absolute atomic E-state index is 10.9. The number of rotatable bonds is 1. The second kappa shape index (κ2) is 3.73. The molecule has 2 heterocycles. The lowest BCUT2D eigenvalue weighted by Gasteiger charge is -2.17. The van der Waals surface area contributed by atoms with Gasteiger partial charge >= 0.3 is 5.97 Å². The predicted molar refractivity (Wildman–Crippen MR) is 62.5 cm³/mol. The lowest BCUT2D eigenvalue weighted by Crippen LogP contribution is -2.08. The van der Waals surface area contributed by atoms with E-state index in [4.69, 9.17) is 9.84 Å². The third-order valence-corrected chi connectivity index (χ3v) is 2.96. The molecule has 17 heavy (non-hydrogen) atoms. The number of aryl methyl sites for hydroxylation is 1. The highest BCUT2D eigenvalue weighted by atomic mass is 16.5. The van der Waals surface area contributed by atoms with E-state index in [1.165, 1.54) is 6.20 Å². The maximum Gasteiger partial charge on any atom is 0.337 e. The third-order valence-electron chi connectivity index (χ3n) is 2.96. The van der Waals surface area contributed by atoms with Crippen LogP contribution in [0.5, 0.6) is 5.75 Å². The van der Waals surface area contributed by atoms with Gasteiger partial charge < -0.3 is 9.84 Å². The topological polar surface area (TPSA) is 59.4 Å². The summed E-state index contributed by atoms with van der Waals surface area (Å²) in [7, 11) is 0. The average molecular weight is 229 g/mol. The first kappa shape index (κ1) is 10.1. The fourth-order valence-electron chi connectivity index (χ4n) is 2.09. The molecule has 0 amide bonds. The second-order valence-corrected chi connectivity index (χ2v) is 4.13. The van der Waals surface area contributed by atoms with Gasteiger partial charge in [-0.3, -0.25) is 4.98 Å². The van der Waals surface area contributed by atoms with Crippen LogP contribution in [0.25, 0.3) is 10.9 Å². The van der Waals surface area contributed by atoms with E-state index < -0.39 is 5.97 Å². The van der Waals surface area contributed by atoms with Gasteiger partial charge in [0.25, 0.3) is 0 Å². The van der Waals surface area contributed by atoms with Gasteiger partial charge in [-0.2, -0.15) is 0 Å². The van der Waals surface area contributed by atoms with Crippen LogP contribution in [-0.4, -0.2) is 22.7 Å². The highest BCUT2D eigenvalue weighted by Gasteiger charge is 2.13. The molecule has 1 aromatic carbocycles. The monoisotopic (exact) mass is 229 g/mol. The molecule has 4 heteroatoms. The summed E-state index contributed by atoms with van der Waals surface area (Å²) in [5, 5.41) is 9.72. The van der Waals surface area contributed by atoms with Crippen LogP contribution in [0.3, 0.4) is 0 Å². The summed E-state index contributed by atoms with van der Waals surface area (Å²) in [4.78, 5) is 15.0. The highest BCUT2D eigenvalue weighted by Crippen LogP contribution is 2.29. The normalized spacial score (nSPS) is 14.1. The molecule has 0 unspecified atom stereocenters. The minimum absolute atomic E-state index is 0.202. The number of pyridine rings is 1. The molecule has 0 atom stereocenters. The number of fused-ring (bicyclic) bond motifs is 2. The molecular weight excluding hydrogens is 218 g/mol. The van der Waals surface area contributed by atoms with Gasteiger partial charge in [-0.15, -0.1) is 0 Å². The summed E-state index contributed by atoms with van der Waals surface area (Å²) in [6.45, 7) is 0.727. The number of ether oxygens (including phenoxy) is 1. The Morgan fingerprint density at radius 2 is 2.24 bits per heavy atom.